The SMILES string of the molecule is CC(OCCCNC(=O)CN(C)S(=O)(=O)c1cccnc1)c1ccccc1. The summed E-state index contributed by atoms with van der Waals surface area (Å²) >= 11 is 0. The number of benzene rings is 1. The van der Waals surface area contributed by atoms with E-state index in [1.54, 1.807) is 0 Å². The highest BCUT2D eigenvalue weighted by Gasteiger charge is 2.22. The molecule has 0 spiro atoms. The third-order valence-electron chi connectivity index (χ3n) is 3.99. The summed E-state index contributed by atoms with van der Waals surface area (Å²) in [5.74, 6) is -0.360. The van der Waals surface area contributed by atoms with Crippen molar-refractivity contribution in [3.05, 3.63) is 60.4 Å². The van der Waals surface area contributed by atoms with Gasteiger partial charge in [-0.3, -0.25) is 9.78 Å². The number of carbonyl (C=O) groups excluding carboxylic acids is 1. The quantitative estimate of drug-likeness (QED) is 0.626. The molecule has 0 aliphatic rings. The summed E-state index contributed by atoms with van der Waals surface area (Å²) < 4.78 is 31.4. The van der Waals surface area contributed by atoms with E-state index < -0.39 is 10.0 Å². The zero-order valence-electron chi connectivity index (χ0n) is 15.5. The van der Waals surface area contributed by atoms with Crippen LogP contribution in [0.2, 0.25) is 0 Å². The Labute approximate surface area is 160 Å². The van der Waals surface area contributed by atoms with Crippen LogP contribution in [-0.2, 0) is 19.6 Å². The van der Waals surface area contributed by atoms with Gasteiger partial charge in [-0.15, -0.1) is 0 Å². The van der Waals surface area contributed by atoms with E-state index >= 15 is 0 Å². The predicted octanol–water partition coefficient (Wildman–Crippen LogP) is 1.99. The normalized spacial score (nSPS) is 12.7. The number of hydrogen-bond donors (Lipinski definition) is 1. The Bertz CT molecular complexity index is 813. The molecule has 1 atom stereocenters. The van der Waals surface area contributed by atoms with E-state index in [4.69, 9.17) is 4.74 Å². The van der Waals surface area contributed by atoms with Crippen molar-refractivity contribution in [2.45, 2.75) is 24.3 Å². The molecule has 1 heterocycles. The van der Waals surface area contributed by atoms with Gasteiger partial charge >= 0.3 is 0 Å². The molecule has 0 aliphatic heterocycles. The lowest BCUT2D eigenvalue weighted by Crippen LogP contribution is -2.38. The number of amides is 1. The van der Waals surface area contributed by atoms with Crippen LogP contribution in [0.4, 0.5) is 0 Å². The van der Waals surface area contributed by atoms with Gasteiger partial charge in [0.1, 0.15) is 4.90 Å². The van der Waals surface area contributed by atoms with E-state index in [2.05, 4.69) is 10.3 Å². The number of carbonyl (C=O) groups is 1. The molecule has 1 aromatic carbocycles. The molecule has 1 amide bonds. The third-order valence-corrected chi connectivity index (χ3v) is 5.78. The van der Waals surface area contributed by atoms with Gasteiger partial charge in [0.15, 0.2) is 0 Å². The number of likely N-dealkylation sites (N-methyl/N-ethyl adjacent to an activating group) is 1. The van der Waals surface area contributed by atoms with Gasteiger partial charge in [-0.2, -0.15) is 4.31 Å². The summed E-state index contributed by atoms with van der Waals surface area (Å²) in [7, 11) is -2.36. The second-order valence-electron chi connectivity index (χ2n) is 6.08. The summed E-state index contributed by atoms with van der Waals surface area (Å²) in [6.07, 6.45) is 3.38. The van der Waals surface area contributed by atoms with Crippen LogP contribution in [-0.4, -0.2) is 50.4 Å². The number of nitrogens with zero attached hydrogens (tertiary/aromatic N) is 2. The van der Waals surface area contributed by atoms with E-state index in [1.807, 2.05) is 37.3 Å². The van der Waals surface area contributed by atoms with Gasteiger partial charge in [0.2, 0.25) is 15.9 Å². The molecule has 146 valence electrons. The number of aromatic nitrogens is 1. The van der Waals surface area contributed by atoms with Gasteiger partial charge in [-0.05, 0) is 31.0 Å². The number of ether oxygens (including phenoxy) is 1. The second kappa shape index (κ2) is 10.1. The Morgan fingerprint density at radius 1 is 1.22 bits per heavy atom. The van der Waals surface area contributed by atoms with Crippen LogP contribution in [0.1, 0.15) is 25.0 Å². The van der Waals surface area contributed by atoms with Crippen molar-refractivity contribution < 1.29 is 17.9 Å². The fraction of sp³-hybridized carbons (Fsp3) is 0.368. The Morgan fingerprint density at radius 3 is 2.63 bits per heavy atom. The lowest BCUT2D eigenvalue weighted by atomic mass is 10.1. The first kappa shape index (κ1) is 21.0. The first-order valence-corrected chi connectivity index (χ1v) is 10.1. The average molecular weight is 391 g/mol. The van der Waals surface area contributed by atoms with E-state index in [9.17, 15) is 13.2 Å². The molecular formula is C19H25N3O4S. The molecule has 1 unspecified atom stereocenters. The smallest absolute Gasteiger partial charge is 0.244 e. The number of rotatable bonds is 10. The summed E-state index contributed by atoms with van der Waals surface area (Å²) in [5, 5.41) is 2.71. The number of nitrogens with one attached hydrogen (secondary N) is 1. The molecular weight excluding hydrogens is 366 g/mol. The van der Waals surface area contributed by atoms with Crippen molar-refractivity contribution in [1.82, 2.24) is 14.6 Å². The maximum Gasteiger partial charge on any atom is 0.244 e. The van der Waals surface area contributed by atoms with Gasteiger partial charge in [0.05, 0.1) is 12.6 Å². The van der Waals surface area contributed by atoms with Crippen molar-refractivity contribution in [2.24, 2.45) is 0 Å². The summed E-state index contributed by atoms with van der Waals surface area (Å²) in [6.45, 7) is 2.64. The van der Waals surface area contributed by atoms with Gasteiger partial charge in [0, 0.05) is 32.6 Å². The van der Waals surface area contributed by atoms with Gasteiger partial charge in [-0.25, -0.2) is 8.42 Å². The van der Waals surface area contributed by atoms with Crippen molar-refractivity contribution in [1.29, 1.82) is 0 Å². The molecule has 0 bridgehead atoms. The molecule has 27 heavy (non-hydrogen) atoms. The summed E-state index contributed by atoms with van der Waals surface area (Å²) in [5.41, 5.74) is 1.10. The first-order chi connectivity index (χ1) is 12.9. The van der Waals surface area contributed by atoms with E-state index in [0.29, 0.717) is 19.6 Å². The van der Waals surface area contributed by atoms with Crippen LogP contribution in [0, 0.1) is 0 Å². The van der Waals surface area contributed by atoms with Crippen LogP contribution in [0.25, 0.3) is 0 Å². The Balaban J connectivity index is 1.69. The van der Waals surface area contributed by atoms with E-state index in [-0.39, 0.29) is 23.5 Å². The predicted molar refractivity (Wildman–Crippen MR) is 102 cm³/mol. The van der Waals surface area contributed by atoms with Crippen LogP contribution in [0.15, 0.2) is 59.8 Å². The Morgan fingerprint density at radius 2 is 1.96 bits per heavy atom. The number of pyridine rings is 1. The fourth-order valence-electron chi connectivity index (χ4n) is 2.40. The van der Waals surface area contributed by atoms with Gasteiger partial charge in [-0.1, -0.05) is 30.3 Å². The minimum Gasteiger partial charge on any atom is -0.374 e. The summed E-state index contributed by atoms with van der Waals surface area (Å²) in [4.78, 5) is 15.8. The minimum atomic E-state index is -3.73. The highest BCUT2D eigenvalue weighted by atomic mass is 32.2. The number of sulfonamides is 1. The summed E-state index contributed by atoms with van der Waals surface area (Å²) in [6, 6.07) is 12.9. The van der Waals surface area contributed by atoms with Gasteiger partial charge in [0.25, 0.3) is 0 Å². The monoisotopic (exact) mass is 391 g/mol. The molecule has 0 radical (unpaired) electrons. The highest BCUT2D eigenvalue weighted by Crippen LogP contribution is 2.15. The second-order valence-corrected chi connectivity index (χ2v) is 8.12. The molecule has 0 aliphatic carbocycles. The number of hydrogen-bond acceptors (Lipinski definition) is 5. The molecule has 2 aromatic rings. The minimum absolute atomic E-state index is 0.0161. The Hall–Kier alpha value is -2.29. The molecule has 2 rings (SSSR count). The van der Waals surface area contributed by atoms with E-state index in [1.165, 1.54) is 31.6 Å². The van der Waals surface area contributed by atoms with Crippen molar-refractivity contribution in [2.75, 3.05) is 26.7 Å². The molecule has 1 aromatic heterocycles. The van der Waals surface area contributed by atoms with Crippen LogP contribution >= 0.6 is 0 Å². The molecule has 0 saturated carbocycles. The topological polar surface area (TPSA) is 88.6 Å². The van der Waals surface area contributed by atoms with Crippen molar-refractivity contribution >= 4 is 15.9 Å². The fourth-order valence-corrected chi connectivity index (χ4v) is 3.49. The van der Waals surface area contributed by atoms with Crippen molar-refractivity contribution in [3.8, 4) is 0 Å². The van der Waals surface area contributed by atoms with Crippen LogP contribution in [0.5, 0.6) is 0 Å². The largest absolute Gasteiger partial charge is 0.374 e. The molecule has 7 nitrogen and oxygen atoms in total. The molecule has 1 N–H and O–H groups in total. The zero-order valence-corrected chi connectivity index (χ0v) is 16.4. The zero-order chi connectivity index (χ0) is 19.7. The Kier molecular flexibility index (Phi) is 7.90. The maximum absolute atomic E-state index is 12.3. The maximum atomic E-state index is 12.3. The lowest BCUT2D eigenvalue weighted by Gasteiger charge is -2.17. The lowest BCUT2D eigenvalue weighted by molar-refractivity contribution is -0.121. The average Bonchev–Trinajstić information content (AvgIpc) is 2.68. The van der Waals surface area contributed by atoms with Crippen molar-refractivity contribution in [3.63, 3.8) is 0 Å². The van der Waals surface area contributed by atoms with Crippen LogP contribution < -0.4 is 5.32 Å². The first-order valence-electron chi connectivity index (χ1n) is 8.71. The van der Waals surface area contributed by atoms with Gasteiger partial charge < -0.3 is 10.1 Å². The highest BCUT2D eigenvalue weighted by molar-refractivity contribution is 7.89. The van der Waals surface area contributed by atoms with E-state index in [0.717, 1.165) is 9.87 Å². The van der Waals surface area contributed by atoms with Crippen LogP contribution in [0.3, 0.4) is 0 Å². The third kappa shape index (κ3) is 6.42. The molecule has 8 heteroatoms. The standard InChI is InChI=1S/C19H25N3O4S/c1-16(17-8-4-3-5-9-17)26-13-7-12-21-19(23)15-22(2)27(24,25)18-10-6-11-20-14-18/h3-6,8-11,14,16H,7,12-13,15H2,1-2H3,(H,21,23). The molecule has 0 saturated heterocycles. The molecule has 0 fully saturated rings.